The van der Waals surface area contributed by atoms with Gasteiger partial charge in [0, 0.05) is 42.1 Å². The smallest absolute Gasteiger partial charge is 0.268 e. The number of ether oxygens (including phenoxy) is 2. The lowest BCUT2D eigenvalue weighted by Crippen LogP contribution is -2.45. The third-order valence-electron chi connectivity index (χ3n) is 16.6. The summed E-state index contributed by atoms with van der Waals surface area (Å²) in [7, 11) is -4.66. The van der Waals surface area contributed by atoms with E-state index in [9.17, 15) is 28.3 Å². The van der Waals surface area contributed by atoms with Crippen molar-refractivity contribution in [1.29, 1.82) is 0 Å². The van der Waals surface area contributed by atoms with Crippen LogP contribution in [0.3, 0.4) is 0 Å². The summed E-state index contributed by atoms with van der Waals surface area (Å²) in [5, 5.41) is 32.6. The van der Waals surface area contributed by atoms with E-state index in [4.69, 9.17) is 25.9 Å². The van der Waals surface area contributed by atoms with Gasteiger partial charge in [0.15, 0.2) is 5.96 Å². The number of hydrogen-bond donors (Lipinski definition) is 6. The fourth-order valence-corrected chi connectivity index (χ4v) is 14.4. The minimum atomic E-state index is -4.66. The molecule has 11 atom stereocenters. The summed E-state index contributed by atoms with van der Waals surface area (Å²) in [6.07, 6.45) is 9.15. The highest BCUT2D eigenvalue weighted by molar-refractivity contribution is 7.86. The molecular formula is C56H65N3O8S. The Labute approximate surface area is 400 Å². The van der Waals surface area contributed by atoms with Crippen LogP contribution in [0.1, 0.15) is 134 Å². The molecule has 0 amide bonds. The predicted molar refractivity (Wildman–Crippen MR) is 262 cm³/mol. The van der Waals surface area contributed by atoms with E-state index in [1.165, 1.54) is 0 Å². The standard InChI is InChI=1S/C56H65N3O8S/c1-34-12-13-39-28-45-19-21-47(39)49(34)31-51(68(63,64)65)50-30-41-26-40(29-46-25-36(33-60)10-7-11-38-27-44(61)18-20-48(38)53(41)66-46)52(50)37-14-16-42(17-15-37)56(67-45,59-54(57)58)32-43(55(62)22-5-6-23-55)24-35-8-3-2-4-9-35/h2-4,8-9,14-21,27-28,30,34,36,40,43,46,49-53,60-62H,5-6,10,12-13,22-26,29,31-33H2,1H3,(H4,57,58,59)(H,63,64,65)/t34-,36+,40-,43-,46-,49+,50-,51-,52+,53-,56-/m1/s1. The molecule has 0 radical (unpaired) electrons. The number of guanidine groups is 1. The van der Waals surface area contributed by atoms with Gasteiger partial charge in [0.1, 0.15) is 17.6 Å². The molecule has 1 saturated carbocycles. The molecule has 4 aromatic carbocycles. The van der Waals surface area contributed by atoms with Crippen molar-refractivity contribution >= 4 is 16.1 Å². The van der Waals surface area contributed by atoms with E-state index in [2.05, 4.69) is 43.0 Å². The SMILES string of the molecule is C[C@@H]1CCc2cc3ccc2[C@H]1C[C@@H](S(=O)(=O)O)[C@H]1C=C2C[C@H](C[C@H]4C[C@@H](CO)CC#Cc5cc(O)ccc5[C@@H]2O4)[C@@H]1c1ccc(cc1)[C@](C[C@@H](Cc1ccccc1)C1(O)CCCC1)(N=C(N)N)O3. The fraction of sp³-hybridized carbons (Fsp3) is 0.482. The molecule has 5 aliphatic heterocycles. The fourth-order valence-electron chi connectivity index (χ4n) is 13.3. The lowest BCUT2D eigenvalue weighted by molar-refractivity contribution is -0.0532. The van der Waals surface area contributed by atoms with E-state index in [1.807, 2.05) is 60.7 Å². The molecule has 5 heterocycles. The molecule has 12 heteroatoms. The number of nitrogens with zero attached hydrogens (tertiary/aromatic N) is 1. The number of aliphatic hydroxyl groups excluding tert-OH is 1. The van der Waals surface area contributed by atoms with Crippen LogP contribution < -0.4 is 16.2 Å². The highest BCUT2D eigenvalue weighted by Crippen LogP contribution is 2.55. The zero-order valence-corrected chi connectivity index (χ0v) is 39.7. The number of benzene rings is 4. The molecular weight excluding hydrogens is 875 g/mol. The molecule has 12 rings (SSSR count). The number of aliphatic hydroxyl groups is 2. The first kappa shape index (κ1) is 46.6. The van der Waals surface area contributed by atoms with Crippen LogP contribution in [-0.4, -0.2) is 57.8 Å². The average molecular weight is 940 g/mol. The molecule has 2 fully saturated rings. The van der Waals surface area contributed by atoms with Crippen LogP contribution in [0.25, 0.3) is 0 Å². The van der Waals surface area contributed by atoms with Gasteiger partial charge in [-0.1, -0.05) is 104 Å². The molecule has 10 bridgehead atoms. The van der Waals surface area contributed by atoms with E-state index in [1.54, 1.807) is 12.1 Å². The molecule has 68 heavy (non-hydrogen) atoms. The zero-order valence-electron chi connectivity index (χ0n) is 38.8. The first-order valence-electron chi connectivity index (χ1n) is 24.7. The van der Waals surface area contributed by atoms with Crippen LogP contribution in [0.2, 0.25) is 0 Å². The summed E-state index contributed by atoms with van der Waals surface area (Å²) >= 11 is 0. The van der Waals surface area contributed by atoms with Gasteiger partial charge in [0.25, 0.3) is 10.1 Å². The Hall–Kier alpha value is -5.16. The number of allylic oxidation sites excluding steroid dienone is 1. The lowest BCUT2D eigenvalue weighted by Gasteiger charge is -2.42. The number of phenolic OH excluding ortho intramolecular Hbond substituents is 1. The van der Waals surface area contributed by atoms with Crippen molar-refractivity contribution in [3.63, 3.8) is 0 Å². The number of aromatic hydroxyl groups is 1. The quantitative estimate of drug-likeness (QED) is 0.0327. The van der Waals surface area contributed by atoms with Gasteiger partial charge >= 0.3 is 0 Å². The van der Waals surface area contributed by atoms with Crippen LogP contribution in [0, 0.1) is 41.4 Å². The minimum absolute atomic E-state index is 0.0660. The van der Waals surface area contributed by atoms with Gasteiger partial charge in [-0.3, -0.25) is 4.55 Å². The summed E-state index contributed by atoms with van der Waals surface area (Å²) in [5.74, 6) is 5.35. The third kappa shape index (κ3) is 9.21. The van der Waals surface area contributed by atoms with Gasteiger partial charge < -0.3 is 36.3 Å². The highest BCUT2D eigenvalue weighted by atomic mass is 32.2. The largest absolute Gasteiger partial charge is 0.508 e. The van der Waals surface area contributed by atoms with Crippen LogP contribution >= 0.6 is 0 Å². The molecule has 1 saturated heterocycles. The van der Waals surface area contributed by atoms with Gasteiger partial charge in [-0.2, -0.15) is 8.42 Å². The topological polar surface area (TPSA) is 198 Å². The first-order valence-corrected chi connectivity index (χ1v) is 26.2. The number of aliphatic imine (C=N–C) groups is 1. The van der Waals surface area contributed by atoms with Crippen molar-refractivity contribution in [2.24, 2.45) is 46.0 Å². The second-order valence-corrected chi connectivity index (χ2v) is 22.6. The molecule has 8 N–H and O–H groups in total. The molecule has 358 valence electrons. The van der Waals surface area contributed by atoms with Crippen molar-refractivity contribution in [3.05, 3.63) is 142 Å². The van der Waals surface area contributed by atoms with Crippen molar-refractivity contribution in [1.82, 2.24) is 0 Å². The van der Waals surface area contributed by atoms with Gasteiger partial charge in [-0.05, 0) is 145 Å². The van der Waals surface area contributed by atoms with Crippen LogP contribution in [0.4, 0.5) is 0 Å². The number of fused-ring (bicyclic) bond motifs is 9. The van der Waals surface area contributed by atoms with Crippen LogP contribution in [0.5, 0.6) is 11.5 Å². The van der Waals surface area contributed by atoms with Crippen molar-refractivity contribution in [2.45, 2.75) is 131 Å². The second kappa shape index (κ2) is 18.6. The van der Waals surface area contributed by atoms with Gasteiger partial charge in [-0.15, -0.1) is 0 Å². The molecule has 11 nitrogen and oxygen atoms in total. The molecule has 4 aromatic rings. The monoisotopic (exact) mass is 939 g/mol. The Morgan fingerprint density at radius 3 is 2.46 bits per heavy atom. The van der Waals surface area contributed by atoms with E-state index in [0.717, 1.165) is 59.1 Å². The molecule has 3 aliphatic carbocycles. The number of aryl methyl sites for hydroxylation is 1. The summed E-state index contributed by atoms with van der Waals surface area (Å²) in [6.45, 7) is 2.11. The number of rotatable bonds is 8. The number of hydrogen-bond acceptors (Lipinski definition) is 8. The average Bonchev–Trinajstić information content (AvgIpc) is 3.71. The van der Waals surface area contributed by atoms with Gasteiger partial charge in [-0.25, -0.2) is 4.99 Å². The molecule has 0 aromatic heterocycles. The lowest BCUT2D eigenvalue weighted by atomic mass is 9.64. The van der Waals surface area contributed by atoms with E-state index in [0.29, 0.717) is 61.8 Å². The number of nitrogens with two attached hydrogens (primary N) is 2. The molecule has 8 aliphatic rings. The third-order valence-corrected chi connectivity index (χ3v) is 17.9. The first-order chi connectivity index (χ1) is 32.7. The Bertz CT molecular complexity index is 2740. The summed E-state index contributed by atoms with van der Waals surface area (Å²) in [6, 6.07) is 29.5. The summed E-state index contributed by atoms with van der Waals surface area (Å²) in [5.41, 5.74) is 17.5. The Kier molecular flexibility index (Phi) is 12.8. The van der Waals surface area contributed by atoms with Gasteiger partial charge in [0.2, 0.25) is 5.72 Å². The Morgan fingerprint density at radius 2 is 1.72 bits per heavy atom. The zero-order chi connectivity index (χ0) is 47.4. The van der Waals surface area contributed by atoms with Crippen LogP contribution in [-0.2, 0) is 33.4 Å². The van der Waals surface area contributed by atoms with Crippen molar-refractivity contribution in [3.8, 4) is 23.3 Å². The predicted octanol–water partition coefficient (Wildman–Crippen LogP) is 8.71. The second-order valence-electron chi connectivity index (χ2n) is 21.0. The Balaban J connectivity index is 1.17. The van der Waals surface area contributed by atoms with E-state index in [-0.39, 0.29) is 72.8 Å². The maximum Gasteiger partial charge on any atom is 0.268 e. The summed E-state index contributed by atoms with van der Waals surface area (Å²) in [4.78, 5) is 5.04. The van der Waals surface area contributed by atoms with E-state index >= 15 is 0 Å². The normalized spacial score (nSPS) is 30.9. The highest BCUT2D eigenvalue weighted by Gasteiger charge is 2.50. The van der Waals surface area contributed by atoms with Gasteiger partial charge in [0.05, 0.1) is 17.0 Å². The number of phenols is 1. The molecule has 0 spiro atoms. The van der Waals surface area contributed by atoms with Crippen molar-refractivity contribution < 1.29 is 37.8 Å². The van der Waals surface area contributed by atoms with E-state index < -0.39 is 38.7 Å². The van der Waals surface area contributed by atoms with Crippen molar-refractivity contribution in [2.75, 3.05) is 6.61 Å². The van der Waals surface area contributed by atoms with Crippen LogP contribution in [0.15, 0.2) is 108 Å². The maximum absolute atomic E-state index is 14.3. The summed E-state index contributed by atoms with van der Waals surface area (Å²) < 4.78 is 54.5. The Morgan fingerprint density at radius 1 is 0.956 bits per heavy atom. The molecule has 0 unspecified atom stereocenters. The maximum atomic E-state index is 14.3. The minimum Gasteiger partial charge on any atom is -0.508 e.